The van der Waals surface area contributed by atoms with Crippen LogP contribution in [0.3, 0.4) is 0 Å². The van der Waals surface area contributed by atoms with Crippen LogP contribution in [0.5, 0.6) is 5.88 Å². The first-order valence-electron chi connectivity index (χ1n) is 12.1. The number of hydrogen-bond acceptors (Lipinski definition) is 6. The number of fused-ring (bicyclic) bond motifs is 2. The van der Waals surface area contributed by atoms with Crippen molar-refractivity contribution in [3.8, 4) is 5.88 Å². The summed E-state index contributed by atoms with van der Waals surface area (Å²) in [5, 5.41) is 7.69. The number of pyridine rings is 2. The van der Waals surface area contributed by atoms with E-state index in [-0.39, 0.29) is 11.9 Å². The Morgan fingerprint density at radius 1 is 1.18 bits per heavy atom. The van der Waals surface area contributed by atoms with E-state index < -0.39 is 0 Å². The van der Waals surface area contributed by atoms with E-state index in [0.29, 0.717) is 18.0 Å². The van der Waals surface area contributed by atoms with Crippen LogP contribution in [0.25, 0.3) is 0 Å². The Bertz CT molecular complexity index is 1260. The van der Waals surface area contributed by atoms with Crippen LogP contribution in [0, 0.1) is 25.7 Å². The molecule has 4 heterocycles. The molecular weight excluding hydrogens is 428 g/mol. The molecule has 0 bridgehead atoms. The molecule has 6 rings (SSSR count). The third-order valence-electron chi connectivity index (χ3n) is 7.65. The number of hydrogen-bond donors (Lipinski definition) is 1. The lowest BCUT2D eigenvalue weighted by molar-refractivity contribution is 0.0933. The fraction of sp³-hybridized carbons (Fsp3) is 0.462. The van der Waals surface area contributed by atoms with Gasteiger partial charge in [-0.05, 0) is 73.8 Å². The Hall–Kier alpha value is -3.42. The van der Waals surface area contributed by atoms with E-state index in [9.17, 15) is 4.79 Å². The van der Waals surface area contributed by atoms with Gasteiger partial charge in [0.1, 0.15) is 11.4 Å². The van der Waals surface area contributed by atoms with Gasteiger partial charge in [0, 0.05) is 36.9 Å². The molecule has 176 valence electrons. The second-order valence-corrected chi connectivity index (χ2v) is 9.85. The van der Waals surface area contributed by atoms with Crippen LogP contribution >= 0.6 is 0 Å². The van der Waals surface area contributed by atoms with E-state index in [4.69, 9.17) is 9.72 Å². The van der Waals surface area contributed by atoms with E-state index in [1.54, 1.807) is 18.0 Å². The average molecular weight is 459 g/mol. The summed E-state index contributed by atoms with van der Waals surface area (Å²) < 4.78 is 7.21. The highest BCUT2D eigenvalue weighted by molar-refractivity contribution is 5.96. The lowest BCUT2D eigenvalue weighted by atomic mass is 10.1. The maximum Gasteiger partial charge on any atom is 0.258 e. The largest absolute Gasteiger partial charge is 0.479 e. The molecule has 1 N–H and O–H groups in total. The normalized spacial score (nSPS) is 22.4. The van der Waals surface area contributed by atoms with Crippen molar-refractivity contribution in [1.29, 1.82) is 0 Å². The van der Waals surface area contributed by atoms with Crippen LogP contribution in [-0.2, 0) is 13.0 Å². The van der Waals surface area contributed by atoms with Gasteiger partial charge in [0.25, 0.3) is 5.91 Å². The lowest BCUT2D eigenvalue weighted by Gasteiger charge is -2.20. The lowest BCUT2D eigenvalue weighted by Crippen LogP contribution is -2.27. The number of aromatic nitrogens is 4. The molecule has 8 nitrogen and oxygen atoms in total. The molecule has 1 saturated carbocycles. The van der Waals surface area contributed by atoms with Gasteiger partial charge in [-0.1, -0.05) is 6.07 Å². The van der Waals surface area contributed by atoms with Gasteiger partial charge in [-0.2, -0.15) is 0 Å². The number of ether oxygens (including phenoxy) is 1. The Morgan fingerprint density at radius 2 is 2.00 bits per heavy atom. The monoisotopic (exact) mass is 458 g/mol. The number of methoxy groups -OCH3 is 1. The Labute approximate surface area is 199 Å². The van der Waals surface area contributed by atoms with Gasteiger partial charge in [-0.25, -0.2) is 4.98 Å². The minimum atomic E-state index is -0.173. The van der Waals surface area contributed by atoms with E-state index >= 15 is 0 Å². The topological polar surface area (TPSA) is 85.2 Å². The highest BCUT2D eigenvalue weighted by Gasteiger charge is 2.45. The summed E-state index contributed by atoms with van der Waals surface area (Å²) in [5.74, 6) is 2.98. The predicted octanol–water partition coefficient (Wildman–Crippen LogP) is 3.22. The molecule has 1 saturated heterocycles. The quantitative estimate of drug-likeness (QED) is 0.611. The van der Waals surface area contributed by atoms with Crippen molar-refractivity contribution in [2.24, 2.45) is 11.8 Å². The molecule has 1 aliphatic heterocycles. The molecule has 3 aromatic rings. The molecular formula is C26H30N6O2. The zero-order valence-corrected chi connectivity index (χ0v) is 19.9. The number of amides is 1. The highest BCUT2D eigenvalue weighted by Crippen LogP contribution is 2.46. The van der Waals surface area contributed by atoms with Crippen LogP contribution in [0.1, 0.15) is 57.3 Å². The molecule has 3 aliphatic rings. The minimum Gasteiger partial charge on any atom is -0.479 e. The van der Waals surface area contributed by atoms with Crippen molar-refractivity contribution in [2.45, 2.75) is 45.7 Å². The standard InChI is InChI=1S/C26H30N6O2/c1-15-17(4-7-24(28-15)31-11-18-10-19(18)12-31)13-32-14-22(26(30-32)34-3)25(33)29-23-6-5-20-16(2)27-9-8-21(20)23/h4,7-9,14,18-19,23H,5-6,10-13H2,1-3H3,(H,29,33)/t18?,19?,23-/m1/s1. The minimum absolute atomic E-state index is 0.0205. The number of piperidine rings is 1. The molecule has 0 spiro atoms. The molecule has 0 radical (unpaired) electrons. The van der Waals surface area contributed by atoms with Crippen molar-refractivity contribution in [1.82, 2.24) is 25.1 Å². The fourth-order valence-corrected chi connectivity index (χ4v) is 5.57. The van der Waals surface area contributed by atoms with Crippen LogP contribution in [0.15, 0.2) is 30.6 Å². The van der Waals surface area contributed by atoms with Crippen molar-refractivity contribution < 1.29 is 9.53 Å². The summed E-state index contributed by atoms with van der Waals surface area (Å²) in [7, 11) is 1.55. The van der Waals surface area contributed by atoms with Crippen LogP contribution in [0.2, 0.25) is 0 Å². The van der Waals surface area contributed by atoms with Crippen molar-refractivity contribution in [3.05, 3.63) is 64.2 Å². The van der Waals surface area contributed by atoms with E-state index in [0.717, 1.165) is 66.1 Å². The number of nitrogens with zero attached hydrogens (tertiary/aromatic N) is 5. The number of nitrogens with one attached hydrogen (secondary N) is 1. The van der Waals surface area contributed by atoms with Crippen molar-refractivity contribution in [3.63, 3.8) is 0 Å². The van der Waals surface area contributed by atoms with Crippen molar-refractivity contribution in [2.75, 3.05) is 25.1 Å². The van der Waals surface area contributed by atoms with Crippen LogP contribution in [-0.4, -0.2) is 45.9 Å². The first-order chi connectivity index (χ1) is 16.5. The van der Waals surface area contributed by atoms with Gasteiger partial charge in [0.15, 0.2) is 0 Å². The highest BCUT2D eigenvalue weighted by atomic mass is 16.5. The predicted molar refractivity (Wildman–Crippen MR) is 128 cm³/mol. The number of carbonyl (C=O) groups excluding carboxylic acids is 1. The molecule has 2 aliphatic carbocycles. The summed E-state index contributed by atoms with van der Waals surface area (Å²) in [6.07, 6.45) is 6.76. The van der Waals surface area contributed by atoms with Gasteiger partial charge in [0.05, 0.1) is 19.7 Å². The zero-order valence-electron chi connectivity index (χ0n) is 19.9. The first-order valence-corrected chi connectivity index (χ1v) is 12.1. The van der Waals surface area contributed by atoms with E-state index in [1.807, 2.05) is 26.1 Å². The number of carbonyl (C=O) groups is 1. The third-order valence-corrected chi connectivity index (χ3v) is 7.65. The van der Waals surface area contributed by atoms with Crippen LogP contribution < -0.4 is 15.0 Å². The van der Waals surface area contributed by atoms with Gasteiger partial charge in [-0.3, -0.25) is 14.5 Å². The van der Waals surface area contributed by atoms with Gasteiger partial charge in [0.2, 0.25) is 5.88 Å². The summed E-state index contributed by atoms with van der Waals surface area (Å²) in [5.41, 5.74) is 5.96. The fourth-order valence-electron chi connectivity index (χ4n) is 5.57. The molecule has 8 heteroatoms. The molecule has 3 atom stereocenters. The van der Waals surface area contributed by atoms with Gasteiger partial charge >= 0.3 is 0 Å². The Morgan fingerprint density at radius 3 is 2.76 bits per heavy atom. The maximum absolute atomic E-state index is 13.2. The summed E-state index contributed by atoms with van der Waals surface area (Å²) in [6, 6.07) is 6.22. The molecule has 2 unspecified atom stereocenters. The summed E-state index contributed by atoms with van der Waals surface area (Å²) in [4.78, 5) is 24.8. The smallest absolute Gasteiger partial charge is 0.258 e. The zero-order chi connectivity index (χ0) is 23.4. The van der Waals surface area contributed by atoms with Crippen LogP contribution in [0.4, 0.5) is 5.82 Å². The summed E-state index contributed by atoms with van der Waals surface area (Å²) in [6.45, 7) is 6.86. The Kier molecular flexibility index (Phi) is 5.04. The summed E-state index contributed by atoms with van der Waals surface area (Å²) >= 11 is 0. The van der Waals surface area contributed by atoms with E-state index in [2.05, 4.69) is 32.4 Å². The van der Waals surface area contributed by atoms with Crippen molar-refractivity contribution >= 4 is 11.7 Å². The van der Waals surface area contributed by atoms with Gasteiger partial charge in [-0.15, -0.1) is 5.10 Å². The molecule has 0 aromatic carbocycles. The Balaban J connectivity index is 1.17. The number of anilines is 1. The van der Waals surface area contributed by atoms with E-state index in [1.165, 1.54) is 12.0 Å². The SMILES string of the molecule is COc1nn(Cc2ccc(N3CC4CC4C3)nc2C)cc1C(=O)N[C@@H]1CCc2c1ccnc2C. The maximum atomic E-state index is 13.2. The molecule has 3 aromatic heterocycles. The molecule has 34 heavy (non-hydrogen) atoms. The molecule has 2 fully saturated rings. The van der Waals surface area contributed by atoms with Gasteiger partial charge < -0.3 is 15.0 Å². The molecule has 1 amide bonds. The second-order valence-electron chi connectivity index (χ2n) is 9.85. The number of aryl methyl sites for hydroxylation is 2. The number of rotatable bonds is 6. The average Bonchev–Trinajstić information content (AvgIpc) is 3.18. The second kappa shape index (κ2) is 8.11. The first kappa shape index (κ1) is 21.1. The third kappa shape index (κ3) is 3.71.